The maximum Gasteiger partial charge on any atom is 0.0758 e. The Bertz CT molecular complexity index is 130. The first-order valence-electron chi connectivity index (χ1n) is 3.63. The van der Waals surface area contributed by atoms with Crippen molar-refractivity contribution in [2.45, 2.75) is 30.5 Å². The van der Waals surface area contributed by atoms with Gasteiger partial charge in [0.25, 0.3) is 0 Å². The molecular formula is C7H12BrNS. The third-order valence-corrected chi connectivity index (χ3v) is 3.31. The largest absolute Gasteiger partial charge is 0.393 e. The van der Waals surface area contributed by atoms with Crippen LogP contribution in [0.25, 0.3) is 0 Å². The fraction of sp³-hybridized carbons (Fsp3) is 0.857. The number of hydrogen-bond donors (Lipinski definition) is 1. The van der Waals surface area contributed by atoms with Crippen LogP contribution in [0.15, 0.2) is 0 Å². The SMILES string of the molecule is NC(=S)C1CCC(Br)CC1. The summed E-state index contributed by atoms with van der Waals surface area (Å²) in [5, 5.41) is 0. The van der Waals surface area contributed by atoms with Crippen LogP contribution in [0.4, 0.5) is 0 Å². The Balaban J connectivity index is 2.33. The quantitative estimate of drug-likeness (QED) is 0.543. The summed E-state index contributed by atoms with van der Waals surface area (Å²) in [6, 6.07) is 0. The van der Waals surface area contributed by atoms with Crippen LogP contribution < -0.4 is 5.73 Å². The predicted octanol–water partition coefficient (Wildman–Crippen LogP) is 2.23. The number of hydrogen-bond acceptors (Lipinski definition) is 1. The molecule has 1 fully saturated rings. The molecule has 0 bridgehead atoms. The summed E-state index contributed by atoms with van der Waals surface area (Å²) in [4.78, 5) is 1.41. The second-order valence-electron chi connectivity index (χ2n) is 2.85. The van der Waals surface area contributed by atoms with E-state index in [0.29, 0.717) is 15.7 Å². The highest BCUT2D eigenvalue weighted by Gasteiger charge is 2.20. The molecule has 1 nitrogen and oxygen atoms in total. The molecule has 3 heteroatoms. The average molecular weight is 222 g/mol. The van der Waals surface area contributed by atoms with E-state index in [0.717, 1.165) is 0 Å². The van der Waals surface area contributed by atoms with Crippen molar-refractivity contribution >= 4 is 33.1 Å². The molecule has 0 spiro atoms. The summed E-state index contributed by atoms with van der Waals surface area (Å²) in [6.45, 7) is 0. The van der Waals surface area contributed by atoms with Crippen molar-refractivity contribution < 1.29 is 0 Å². The van der Waals surface area contributed by atoms with E-state index in [4.69, 9.17) is 18.0 Å². The van der Waals surface area contributed by atoms with E-state index in [9.17, 15) is 0 Å². The fourth-order valence-electron chi connectivity index (χ4n) is 1.34. The predicted molar refractivity (Wildman–Crippen MR) is 51.5 cm³/mol. The third-order valence-electron chi connectivity index (χ3n) is 2.06. The van der Waals surface area contributed by atoms with Crippen LogP contribution >= 0.6 is 28.1 Å². The lowest BCUT2D eigenvalue weighted by Crippen LogP contribution is -2.25. The Morgan fingerprint density at radius 3 is 2.20 bits per heavy atom. The highest BCUT2D eigenvalue weighted by atomic mass is 79.9. The maximum atomic E-state index is 5.53. The van der Waals surface area contributed by atoms with E-state index in [-0.39, 0.29) is 0 Å². The zero-order chi connectivity index (χ0) is 7.56. The van der Waals surface area contributed by atoms with Crippen LogP contribution in [0, 0.1) is 5.92 Å². The first-order chi connectivity index (χ1) is 4.70. The van der Waals surface area contributed by atoms with E-state index in [1.165, 1.54) is 25.7 Å². The molecule has 0 unspecified atom stereocenters. The molecule has 0 saturated heterocycles. The minimum absolute atomic E-state index is 0.517. The van der Waals surface area contributed by atoms with Gasteiger partial charge < -0.3 is 5.73 Å². The molecule has 0 aromatic carbocycles. The second-order valence-corrected chi connectivity index (χ2v) is 4.62. The van der Waals surface area contributed by atoms with Crippen LogP contribution in [0.2, 0.25) is 0 Å². The zero-order valence-corrected chi connectivity index (χ0v) is 8.25. The third kappa shape index (κ3) is 2.20. The van der Waals surface area contributed by atoms with Gasteiger partial charge in [-0.25, -0.2) is 0 Å². The van der Waals surface area contributed by atoms with Gasteiger partial charge in [0.2, 0.25) is 0 Å². The van der Waals surface area contributed by atoms with E-state index in [2.05, 4.69) is 15.9 Å². The smallest absolute Gasteiger partial charge is 0.0758 e. The topological polar surface area (TPSA) is 26.0 Å². The molecule has 1 aliphatic carbocycles. The van der Waals surface area contributed by atoms with Crippen LogP contribution in [0.3, 0.4) is 0 Å². The van der Waals surface area contributed by atoms with Crippen molar-refractivity contribution in [3.05, 3.63) is 0 Å². The van der Waals surface area contributed by atoms with Gasteiger partial charge in [-0.3, -0.25) is 0 Å². The second kappa shape index (κ2) is 3.67. The number of alkyl halides is 1. The molecule has 0 aliphatic heterocycles. The standard InChI is InChI=1S/C7H12BrNS/c8-6-3-1-5(2-4-6)7(9)10/h5-6H,1-4H2,(H2,9,10). The van der Waals surface area contributed by atoms with Crippen molar-refractivity contribution in [2.24, 2.45) is 11.7 Å². The summed E-state index contributed by atoms with van der Waals surface area (Å²) in [7, 11) is 0. The highest BCUT2D eigenvalue weighted by molar-refractivity contribution is 9.09. The molecule has 0 aromatic heterocycles. The molecule has 0 radical (unpaired) electrons. The van der Waals surface area contributed by atoms with Gasteiger partial charge in [-0.15, -0.1) is 0 Å². The Morgan fingerprint density at radius 1 is 1.30 bits per heavy atom. The average Bonchev–Trinajstić information content (AvgIpc) is 1.88. The van der Waals surface area contributed by atoms with Gasteiger partial charge in [0.1, 0.15) is 0 Å². The summed E-state index contributed by atoms with van der Waals surface area (Å²) in [5.74, 6) is 0.517. The van der Waals surface area contributed by atoms with Gasteiger partial charge >= 0.3 is 0 Å². The first kappa shape index (κ1) is 8.47. The first-order valence-corrected chi connectivity index (χ1v) is 4.96. The number of nitrogens with two attached hydrogens (primary N) is 1. The van der Waals surface area contributed by atoms with Crippen molar-refractivity contribution in [3.63, 3.8) is 0 Å². The van der Waals surface area contributed by atoms with Gasteiger partial charge in [-0.1, -0.05) is 28.1 Å². The zero-order valence-electron chi connectivity index (χ0n) is 5.85. The summed E-state index contributed by atoms with van der Waals surface area (Å²) in [6.07, 6.45) is 4.79. The summed E-state index contributed by atoms with van der Waals surface area (Å²) < 4.78 is 0. The number of thiocarbonyl (C=S) groups is 1. The van der Waals surface area contributed by atoms with Gasteiger partial charge in [-0.2, -0.15) is 0 Å². The van der Waals surface area contributed by atoms with Gasteiger partial charge in [0, 0.05) is 10.7 Å². The Morgan fingerprint density at radius 2 is 1.80 bits per heavy atom. The van der Waals surface area contributed by atoms with Crippen LogP contribution in [0.5, 0.6) is 0 Å². The summed E-state index contributed by atoms with van der Waals surface area (Å²) in [5.41, 5.74) is 5.53. The number of halogens is 1. The molecule has 0 atom stereocenters. The highest BCUT2D eigenvalue weighted by Crippen LogP contribution is 2.28. The minimum atomic E-state index is 0.517. The monoisotopic (exact) mass is 221 g/mol. The van der Waals surface area contributed by atoms with E-state index < -0.39 is 0 Å². The van der Waals surface area contributed by atoms with Crippen molar-refractivity contribution in [3.8, 4) is 0 Å². The lowest BCUT2D eigenvalue weighted by Gasteiger charge is -2.23. The Hall–Kier alpha value is 0.370. The molecule has 2 N–H and O–H groups in total. The molecular weight excluding hydrogens is 210 g/mol. The lowest BCUT2D eigenvalue weighted by molar-refractivity contribution is 0.455. The number of rotatable bonds is 1. The van der Waals surface area contributed by atoms with E-state index in [1.807, 2.05) is 0 Å². The molecule has 0 heterocycles. The van der Waals surface area contributed by atoms with Crippen LogP contribution in [-0.4, -0.2) is 9.82 Å². The Kier molecular flexibility index (Phi) is 3.11. The van der Waals surface area contributed by atoms with Crippen molar-refractivity contribution in [2.75, 3.05) is 0 Å². The van der Waals surface area contributed by atoms with Crippen LogP contribution in [-0.2, 0) is 0 Å². The lowest BCUT2D eigenvalue weighted by atomic mass is 9.89. The molecule has 0 amide bonds. The molecule has 1 aliphatic rings. The van der Waals surface area contributed by atoms with Crippen molar-refractivity contribution in [1.82, 2.24) is 0 Å². The molecule has 1 rings (SSSR count). The maximum absolute atomic E-state index is 5.53. The van der Waals surface area contributed by atoms with Gasteiger partial charge in [0.15, 0.2) is 0 Å². The van der Waals surface area contributed by atoms with Gasteiger partial charge in [-0.05, 0) is 25.7 Å². The van der Waals surface area contributed by atoms with E-state index >= 15 is 0 Å². The Labute approximate surface area is 75.5 Å². The molecule has 1 saturated carbocycles. The minimum Gasteiger partial charge on any atom is -0.393 e. The van der Waals surface area contributed by atoms with Gasteiger partial charge in [0.05, 0.1) is 4.99 Å². The van der Waals surface area contributed by atoms with Crippen LogP contribution in [0.1, 0.15) is 25.7 Å². The normalized spacial score (nSPS) is 33.7. The summed E-state index contributed by atoms with van der Waals surface area (Å²) >= 11 is 8.50. The molecule has 58 valence electrons. The molecule has 10 heavy (non-hydrogen) atoms. The fourth-order valence-corrected chi connectivity index (χ4v) is 2.10. The molecule has 0 aromatic rings. The van der Waals surface area contributed by atoms with Crippen molar-refractivity contribution in [1.29, 1.82) is 0 Å². The van der Waals surface area contributed by atoms with E-state index in [1.54, 1.807) is 0 Å².